The van der Waals surface area contributed by atoms with Gasteiger partial charge in [-0.3, -0.25) is 19.2 Å². The first kappa shape index (κ1) is 37.2. The number of methoxy groups -OCH3 is 1. The summed E-state index contributed by atoms with van der Waals surface area (Å²) in [5.74, 6) is -3.62. The molecule has 1 rings (SSSR count). The van der Waals surface area contributed by atoms with E-state index in [1.54, 1.807) is 24.3 Å². The average Bonchev–Trinajstić information content (AvgIpc) is 2.95. The summed E-state index contributed by atoms with van der Waals surface area (Å²) in [6.07, 6.45) is -0.984. The molecule has 0 aliphatic carbocycles. The number of carbonyl (C=O) groups is 6. The van der Waals surface area contributed by atoms with Gasteiger partial charge in [0.15, 0.2) is 0 Å². The molecule has 0 bridgehead atoms. The van der Waals surface area contributed by atoms with Crippen molar-refractivity contribution in [3.05, 3.63) is 35.4 Å². The number of esters is 1. The molecule has 0 aliphatic rings. The highest BCUT2D eigenvalue weighted by atomic mass is 32.1. The topological polar surface area (TPSA) is 189 Å². The first-order valence-electron chi connectivity index (χ1n) is 14.1. The fourth-order valence-electron chi connectivity index (χ4n) is 3.90. The normalized spacial score (nSPS) is 12.9. The van der Waals surface area contributed by atoms with Gasteiger partial charge in [0.1, 0.15) is 18.1 Å². The molecular weight excluding hydrogens is 580 g/mol. The second-order valence-corrected chi connectivity index (χ2v) is 11.1. The van der Waals surface area contributed by atoms with Gasteiger partial charge in [0.25, 0.3) is 0 Å². The van der Waals surface area contributed by atoms with Gasteiger partial charge in [-0.2, -0.15) is 12.6 Å². The minimum Gasteiger partial charge on any atom is -0.481 e. The molecule has 0 fully saturated rings. The molecule has 0 heterocycles. The standard InChI is InChI=1S/C29H44N4O9S/c1-17(2)14-22(31-26(37)21(10-11-24(34)35)33-29(40)42-15-18(3)4)27(38)32-23(16-43)25(36)30-13-12-19-8-6-7-9-20(19)28(39)41-5/h6-9,17-18,21-23,43H,10-16H2,1-5H3,(H,30,36)(H,31,37)(H,32,38)(H,33,40)(H,34,35)/t21?,22-,23?/m0/s1. The minimum absolute atomic E-state index is 0.0385. The lowest BCUT2D eigenvalue weighted by Crippen LogP contribution is -2.57. The summed E-state index contributed by atoms with van der Waals surface area (Å²) in [4.78, 5) is 74.5. The molecule has 43 heavy (non-hydrogen) atoms. The predicted octanol–water partition coefficient (Wildman–Crippen LogP) is 1.69. The summed E-state index contributed by atoms with van der Waals surface area (Å²) in [7, 11) is 1.28. The smallest absolute Gasteiger partial charge is 0.407 e. The summed E-state index contributed by atoms with van der Waals surface area (Å²) >= 11 is 4.20. The van der Waals surface area contributed by atoms with Gasteiger partial charge in [-0.1, -0.05) is 45.9 Å². The Kier molecular flexibility index (Phi) is 16.8. The van der Waals surface area contributed by atoms with E-state index in [9.17, 15) is 28.8 Å². The van der Waals surface area contributed by atoms with Crippen LogP contribution in [0.3, 0.4) is 0 Å². The van der Waals surface area contributed by atoms with Crippen LogP contribution in [0, 0.1) is 11.8 Å². The van der Waals surface area contributed by atoms with E-state index in [1.165, 1.54) is 7.11 Å². The van der Waals surface area contributed by atoms with Gasteiger partial charge in [-0.05, 0) is 42.7 Å². The Hall–Kier alpha value is -3.81. The highest BCUT2D eigenvalue weighted by Gasteiger charge is 2.30. The number of carbonyl (C=O) groups excluding carboxylic acids is 5. The van der Waals surface area contributed by atoms with Crippen molar-refractivity contribution in [1.82, 2.24) is 21.3 Å². The van der Waals surface area contributed by atoms with E-state index in [-0.39, 0.29) is 43.6 Å². The maximum absolute atomic E-state index is 13.2. The first-order valence-corrected chi connectivity index (χ1v) is 14.7. The number of alkyl carbamates (subject to hydrolysis) is 1. The van der Waals surface area contributed by atoms with Gasteiger partial charge in [0.05, 0.1) is 19.3 Å². The number of carboxylic acids is 1. The lowest BCUT2D eigenvalue weighted by Gasteiger charge is -2.25. The monoisotopic (exact) mass is 624 g/mol. The molecule has 2 unspecified atom stereocenters. The maximum atomic E-state index is 13.2. The quantitative estimate of drug-likeness (QED) is 0.104. The molecule has 13 nitrogen and oxygen atoms in total. The van der Waals surface area contributed by atoms with E-state index < -0.39 is 60.3 Å². The van der Waals surface area contributed by atoms with Crippen molar-refractivity contribution in [3.63, 3.8) is 0 Å². The second kappa shape index (κ2) is 19.4. The van der Waals surface area contributed by atoms with Crippen LogP contribution in [-0.4, -0.2) is 85.0 Å². The van der Waals surface area contributed by atoms with Crippen LogP contribution in [0.25, 0.3) is 0 Å². The van der Waals surface area contributed by atoms with Gasteiger partial charge in [-0.25, -0.2) is 9.59 Å². The zero-order chi connectivity index (χ0) is 32.5. The number of ether oxygens (including phenoxy) is 2. The molecule has 0 aliphatic heterocycles. The molecule has 240 valence electrons. The Bertz CT molecular complexity index is 1110. The summed E-state index contributed by atoms with van der Waals surface area (Å²) in [5.41, 5.74) is 1.06. The van der Waals surface area contributed by atoms with E-state index in [2.05, 4.69) is 33.9 Å². The molecule has 0 spiro atoms. The molecule has 0 saturated carbocycles. The number of hydrogen-bond donors (Lipinski definition) is 6. The van der Waals surface area contributed by atoms with E-state index in [1.807, 2.05) is 27.7 Å². The van der Waals surface area contributed by atoms with E-state index in [0.29, 0.717) is 17.5 Å². The van der Waals surface area contributed by atoms with Crippen molar-refractivity contribution in [2.45, 2.75) is 71.5 Å². The Morgan fingerprint density at radius 1 is 0.860 bits per heavy atom. The number of thiol groups is 1. The maximum Gasteiger partial charge on any atom is 0.407 e. The molecule has 14 heteroatoms. The number of nitrogens with one attached hydrogen (secondary N) is 4. The summed E-state index contributed by atoms with van der Waals surface area (Å²) < 4.78 is 9.84. The van der Waals surface area contributed by atoms with Crippen molar-refractivity contribution in [3.8, 4) is 0 Å². The molecule has 5 N–H and O–H groups in total. The molecule has 0 radical (unpaired) electrons. The first-order chi connectivity index (χ1) is 20.3. The number of amides is 4. The summed E-state index contributed by atoms with van der Waals surface area (Å²) in [5, 5.41) is 19.4. The average molecular weight is 625 g/mol. The van der Waals surface area contributed by atoms with Crippen LogP contribution in [0.2, 0.25) is 0 Å². The van der Waals surface area contributed by atoms with Crippen LogP contribution < -0.4 is 21.3 Å². The summed E-state index contributed by atoms with van der Waals surface area (Å²) in [6.45, 7) is 7.61. The Labute approximate surface area is 257 Å². The van der Waals surface area contributed by atoms with Gasteiger partial charge in [0.2, 0.25) is 17.7 Å². The van der Waals surface area contributed by atoms with Gasteiger partial charge < -0.3 is 35.8 Å². The Balaban J connectivity index is 2.90. The fourth-order valence-corrected chi connectivity index (χ4v) is 4.15. The molecule has 0 aromatic heterocycles. The number of rotatable bonds is 18. The van der Waals surface area contributed by atoms with E-state index in [4.69, 9.17) is 14.6 Å². The minimum atomic E-state index is -1.27. The number of aliphatic carboxylic acids is 1. The van der Waals surface area contributed by atoms with Crippen LogP contribution in [0.15, 0.2) is 24.3 Å². The van der Waals surface area contributed by atoms with Crippen molar-refractivity contribution in [2.24, 2.45) is 11.8 Å². The summed E-state index contributed by atoms with van der Waals surface area (Å²) in [6, 6.07) is 3.45. The Morgan fingerprint density at radius 3 is 2.07 bits per heavy atom. The van der Waals surface area contributed by atoms with Gasteiger partial charge >= 0.3 is 18.0 Å². The zero-order valence-electron chi connectivity index (χ0n) is 25.3. The third-order valence-corrected chi connectivity index (χ3v) is 6.44. The van der Waals surface area contributed by atoms with Crippen LogP contribution >= 0.6 is 12.6 Å². The number of benzene rings is 1. The SMILES string of the molecule is COC(=O)c1ccccc1CCNC(=O)C(CS)NC(=O)[C@H](CC(C)C)NC(=O)C(CCC(=O)O)NC(=O)OCC(C)C. The molecule has 1 aromatic carbocycles. The van der Waals surface area contributed by atoms with Crippen molar-refractivity contribution in [1.29, 1.82) is 0 Å². The molecular formula is C29H44N4O9S. The molecule has 4 amide bonds. The number of carboxylic acid groups (broad SMARTS) is 1. The fraction of sp³-hybridized carbons (Fsp3) is 0.586. The molecule has 3 atom stereocenters. The lowest BCUT2D eigenvalue weighted by atomic mass is 10.0. The van der Waals surface area contributed by atoms with Crippen LogP contribution in [-0.2, 0) is 35.1 Å². The predicted molar refractivity (Wildman–Crippen MR) is 162 cm³/mol. The number of hydrogen-bond acceptors (Lipinski definition) is 9. The third-order valence-electron chi connectivity index (χ3n) is 6.08. The highest BCUT2D eigenvalue weighted by Crippen LogP contribution is 2.11. The highest BCUT2D eigenvalue weighted by molar-refractivity contribution is 7.80. The van der Waals surface area contributed by atoms with Crippen molar-refractivity contribution >= 4 is 48.4 Å². The third kappa shape index (κ3) is 14.3. The van der Waals surface area contributed by atoms with E-state index >= 15 is 0 Å². The Morgan fingerprint density at radius 2 is 1.49 bits per heavy atom. The van der Waals surface area contributed by atoms with Gasteiger partial charge in [-0.15, -0.1) is 0 Å². The van der Waals surface area contributed by atoms with Crippen LogP contribution in [0.4, 0.5) is 4.79 Å². The van der Waals surface area contributed by atoms with Crippen LogP contribution in [0.1, 0.15) is 62.9 Å². The van der Waals surface area contributed by atoms with E-state index in [0.717, 1.165) is 0 Å². The van der Waals surface area contributed by atoms with Gasteiger partial charge in [0, 0.05) is 18.7 Å². The molecule has 0 saturated heterocycles. The second-order valence-electron chi connectivity index (χ2n) is 10.7. The largest absolute Gasteiger partial charge is 0.481 e. The lowest BCUT2D eigenvalue weighted by molar-refractivity contribution is -0.137. The van der Waals surface area contributed by atoms with Crippen molar-refractivity contribution in [2.75, 3.05) is 26.0 Å². The molecule has 1 aromatic rings. The van der Waals surface area contributed by atoms with Crippen LogP contribution in [0.5, 0.6) is 0 Å². The zero-order valence-corrected chi connectivity index (χ0v) is 26.2. The van der Waals surface area contributed by atoms with Crippen molar-refractivity contribution < 1.29 is 43.3 Å².